The Labute approximate surface area is 119 Å². The average molecular weight is 290 g/mol. The fourth-order valence-corrected chi connectivity index (χ4v) is 1.70. The Balaban J connectivity index is 2.13. The van der Waals surface area contributed by atoms with Gasteiger partial charge in [0.25, 0.3) is 5.91 Å². The summed E-state index contributed by atoms with van der Waals surface area (Å²) in [5, 5.41) is 4.84. The second-order valence-corrected chi connectivity index (χ2v) is 4.34. The van der Waals surface area contributed by atoms with E-state index in [0.29, 0.717) is 5.69 Å². The predicted octanol–water partition coefficient (Wildman–Crippen LogP) is 3.18. The van der Waals surface area contributed by atoms with E-state index in [0.717, 1.165) is 18.2 Å². The van der Waals surface area contributed by atoms with E-state index >= 15 is 0 Å². The fourth-order valence-electron chi connectivity index (χ4n) is 1.70. The highest BCUT2D eigenvalue weighted by Gasteiger charge is 2.10. The largest absolute Gasteiger partial charge is 0.326 e. The van der Waals surface area contributed by atoms with E-state index in [9.17, 15) is 18.4 Å². The van der Waals surface area contributed by atoms with E-state index in [-0.39, 0.29) is 17.2 Å². The highest BCUT2D eigenvalue weighted by molar-refractivity contribution is 6.04. The first-order valence-corrected chi connectivity index (χ1v) is 6.10. The number of carbonyl (C=O) groups excluding carboxylic acids is 2. The molecule has 2 aromatic carbocycles. The third kappa shape index (κ3) is 3.85. The van der Waals surface area contributed by atoms with Gasteiger partial charge in [-0.1, -0.05) is 0 Å². The molecule has 0 saturated carbocycles. The molecule has 6 heteroatoms. The average Bonchev–Trinajstić information content (AvgIpc) is 2.43. The number of benzene rings is 2. The van der Waals surface area contributed by atoms with Gasteiger partial charge in [0.2, 0.25) is 5.91 Å². The molecule has 0 aromatic heterocycles. The molecule has 0 atom stereocenters. The third-order valence-electron chi connectivity index (χ3n) is 2.64. The number of carbonyl (C=O) groups is 2. The van der Waals surface area contributed by atoms with Crippen molar-refractivity contribution in [3.05, 3.63) is 59.7 Å². The second kappa shape index (κ2) is 6.13. The molecule has 0 bridgehead atoms. The molecule has 2 N–H and O–H groups in total. The van der Waals surface area contributed by atoms with Crippen LogP contribution in [-0.4, -0.2) is 11.8 Å². The monoisotopic (exact) mass is 290 g/mol. The van der Waals surface area contributed by atoms with Crippen molar-refractivity contribution in [2.45, 2.75) is 6.92 Å². The smallest absolute Gasteiger partial charge is 0.255 e. The van der Waals surface area contributed by atoms with Crippen LogP contribution in [0.3, 0.4) is 0 Å². The lowest BCUT2D eigenvalue weighted by molar-refractivity contribution is -0.114. The van der Waals surface area contributed by atoms with Crippen molar-refractivity contribution in [2.75, 3.05) is 10.6 Å². The Hall–Kier alpha value is -2.76. The molecule has 2 amide bonds. The first-order valence-electron chi connectivity index (χ1n) is 6.10. The van der Waals surface area contributed by atoms with Gasteiger partial charge in [0.1, 0.15) is 11.6 Å². The van der Waals surface area contributed by atoms with Gasteiger partial charge in [0.05, 0.1) is 5.69 Å². The number of nitrogens with one attached hydrogen (secondary N) is 2. The predicted molar refractivity (Wildman–Crippen MR) is 75.1 cm³/mol. The molecule has 108 valence electrons. The van der Waals surface area contributed by atoms with Crippen LogP contribution >= 0.6 is 0 Å². The van der Waals surface area contributed by atoms with Gasteiger partial charge in [0, 0.05) is 24.2 Å². The zero-order chi connectivity index (χ0) is 15.4. The van der Waals surface area contributed by atoms with E-state index < -0.39 is 17.5 Å². The molecule has 0 heterocycles. The Kier molecular flexibility index (Phi) is 4.27. The molecule has 4 nitrogen and oxygen atoms in total. The Bertz CT molecular complexity index is 685. The SMILES string of the molecule is CC(=O)Nc1ccc(C(=O)Nc2cc(F)ccc2F)cc1. The number of hydrogen-bond acceptors (Lipinski definition) is 2. The quantitative estimate of drug-likeness (QED) is 0.912. The normalized spacial score (nSPS) is 10.0. The summed E-state index contributed by atoms with van der Waals surface area (Å²) in [6, 6.07) is 8.82. The highest BCUT2D eigenvalue weighted by Crippen LogP contribution is 2.17. The minimum absolute atomic E-state index is 0.228. The van der Waals surface area contributed by atoms with Crippen LogP contribution in [0, 0.1) is 11.6 Å². The molecular weight excluding hydrogens is 278 g/mol. The molecule has 2 rings (SSSR count). The van der Waals surface area contributed by atoms with Crippen LogP contribution in [0.1, 0.15) is 17.3 Å². The topological polar surface area (TPSA) is 58.2 Å². The van der Waals surface area contributed by atoms with Crippen molar-refractivity contribution in [2.24, 2.45) is 0 Å². The molecule has 0 unspecified atom stereocenters. The van der Waals surface area contributed by atoms with Crippen molar-refractivity contribution in [3.8, 4) is 0 Å². The van der Waals surface area contributed by atoms with E-state index in [2.05, 4.69) is 10.6 Å². The molecule has 0 aliphatic carbocycles. The maximum atomic E-state index is 13.4. The van der Waals surface area contributed by atoms with Crippen LogP contribution in [0.2, 0.25) is 0 Å². The lowest BCUT2D eigenvalue weighted by Gasteiger charge is -2.07. The lowest BCUT2D eigenvalue weighted by Crippen LogP contribution is -2.13. The number of rotatable bonds is 3. The summed E-state index contributed by atoms with van der Waals surface area (Å²) < 4.78 is 26.4. The number of anilines is 2. The zero-order valence-corrected chi connectivity index (χ0v) is 11.1. The maximum absolute atomic E-state index is 13.4. The standard InChI is InChI=1S/C15H12F2N2O2/c1-9(20)18-12-5-2-10(3-6-12)15(21)19-14-8-11(16)4-7-13(14)17/h2-8H,1H3,(H,18,20)(H,19,21). The molecule has 2 aromatic rings. The van der Waals surface area contributed by atoms with E-state index in [1.807, 2.05) is 0 Å². The van der Waals surface area contributed by atoms with Gasteiger partial charge in [-0.15, -0.1) is 0 Å². The van der Waals surface area contributed by atoms with E-state index in [4.69, 9.17) is 0 Å². The van der Waals surface area contributed by atoms with Gasteiger partial charge >= 0.3 is 0 Å². The maximum Gasteiger partial charge on any atom is 0.255 e. The lowest BCUT2D eigenvalue weighted by atomic mass is 10.2. The summed E-state index contributed by atoms with van der Waals surface area (Å²) in [5.41, 5.74) is 0.565. The zero-order valence-electron chi connectivity index (χ0n) is 11.1. The highest BCUT2D eigenvalue weighted by atomic mass is 19.1. The first kappa shape index (κ1) is 14.6. The van der Waals surface area contributed by atoms with Crippen molar-refractivity contribution >= 4 is 23.2 Å². The Morgan fingerprint density at radius 1 is 0.952 bits per heavy atom. The van der Waals surface area contributed by atoms with Crippen molar-refractivity contribution in [1.29, 1.82) is 0 Å². The second-order valence-electron chi connectivity index (χ2n) is 4.34. The molecule has 21 heavy (non-hydrogen) atoms. The Morgan fingerprint density at radius 3 is 2.24 bits per heavy atom. The van der Waals surface area contributed by atoms with E-state index in [1.54, 1.807) is 0 Å². The molecule has 0 saturated heterocycles. The van der Waals surface area contributed by atoms with Crippen molar-refractivity contribution in [1.82, 2.24) is 0 Å². The minimum atomic E-state index is -0.723. The summed E-state index contributed by atoms with van der Waals surface area (Å²) in [6.45, 7) is 1.37. The van der Waals surface area contributed by atoms with Gasteiger partial charge in [-0.25, -0.2) is 8.78 Å². The van der Waals surface area contributed by atoms with Crippen molar-refractivity contribution < 1.29 is 18.4 Å². The Morgan fingerprint density at radius 2 is 1.62 bits per heavy atom. The summed E-state index contributed by atoms with van der Waals surface area (Å²) in [6.07, 6.45) is 0. The molecule has 0 spiro atoms. The summed E-state index contributed by atoms with van der Waals surface area (Å²) in [4.78, 5) is 22.8. The molecule has 0 aliphatic heterocycles. The molecular formula is C15H12F2N2O2. The first-order chi connectivity index (χ1) is 9.95. The van der Waals surface area contributed by atoms with Crippen LogP contribution in [0.25, 0.3) is 0 Å². The fraction of sp³-hybridized carbons (Fsp3) is 0.0667. The van der Waals surface area contributed by atoms with Crippen LogP contribution < -0.4 is 10.6 Å². The van der Waals surface area contributed by atoms with Crippen LogP contribution in [0.5, 0.6) is 0 Å². The summed E-state index contributed by atoms with van der Waals surface area (Å²) >= 11 is 0. The van der Waals surface area contributed by atoms with Crippen LogP contribution in [0.4, 0.5) is 20.2 Å². The van der Waals surface area contributed by atoms with Crippen molar-refractivity contribution in [3.63, 3.8) is 0 Å². The molecule has 0 fully saturated rings. The number of amides is 2. The van der Waals surface area contributed by atoms with Gasteiger partial charge in [-0.05, 0) is 36.4 Å². The summed E-state index contributed by atoms with van der Waals surface area (Å²) in [7, 11) is 0. The summed E-state index contributed by atoms with van der Waals surface area (Å²) in [5.74, 6) is -2.17. The molecule has 0 aliphatic rings. The minimum Gasteiger partial charge on any atom is -0.326 e. The van der Waals surface area contributed by atoms with Crippen LogP contribution in [-0.2, 0) is 4.79 Å². The number of hydrogen-bond donors (Lipinski definition) is 2. The molecule has 0 radical (unpaired) electrons. The number of halogens is 2. The van der Waals surface area contributed by atoms with Gasteiger partial charge in [-0.3, -0.25) is 9.59 Å². The van der Waals surface area contributed by atoms with E-state index in [1.165, 1.54) is 31.2 Å². The van der Waals surface area contributed by atoms with Gasteiger partial charge in [0.15, 0.2) is 0 Å². The van der Waals surface area contributed by atoms with Crippen LogP contribution in [0.15, 0.2) is 42.5 Å². The van der Waals surface area contributed by atoms with Gasteiger partial charge < -0.3 is 10.6 Å². The third-order valence-corrected chi connectivity index (χ3v) is 2.64. The van der Waals surface area contributed by atoms with Gasteiger partial charge in [-0.2, -0.15) is 0 Å².